The molecule has 2 heterocycles. The molecule has 0 radical (unpaired) electrons. The monoisotopic (exact) mass is 602 g/mol. The molecule has 3 N–H and O–H groups in total. The summed E-state index contributed by atoms with van der Waals surface area (Å²) in [5.74, 6) is -2.20. The summed E-state index contributed by atoms with van der Waals surface area (Å²) in [4.78, 5) is 44.0. The van der Waals surface area contributed by atoms with Crippen LogP contribution in [0.2, 0.25) is 5.02 Å². The van der Waals surface area contributed by atoms with E-state index in [-0.39, 0.29) is 49.6 Å². The third kappa shape index (κ3) is 4.51. The summed E-state index contributed by atoms with van der Waals surface area (Å²) >= 11 is 6.28. The minimum atomic E-state index is -5.54. The van der Waals surface area contributed by atoms with E-state index in [4.69, 9.17) is 14.3 Å². The van der Waals surface area contributed by atoms with Crippen LogP contribution < -0.4 is 15.5 Å². The smallest absolute Gasteiger partial charge is 0.375 e. The number of anilines is 2. The number of aliphatic hydroxyl groups is 1. The lowest BCUT2D eigenvalue weighted by Crippen LogP contribution is -2.48. The van der Waals surface area contributed by atoms with Crippen molar-refractivity contribution in [2.24, 2.45) is 4.99 Å². The fraction of sp³-hybridized carbons (Fsp3) is 0.241. The molecule has 0 saturated heterocycles. The third-order valence-electron chi connectivity index (χ3n) is 7.37. The summed E-state index contributed by atoms with van der Waals surface area (Å²) in [7, 11) is 0. The van der Waals surface area contributed by atoms with Gasteiger partial charge in [-0.15, -0.1) is 0 Å². The van der Waals surface area contributed by atoms with Crippen LogP contribution in [0.4, 0.5) is 33.7 Å². The number of hydrogen-bond acceptors (Lipinski definition) is 4. The fourth-order valence-electron chi connectivity index (χ4n) is 5.01. The van der Waals surface area contributed by atoms with E-state index in [0.717, 1.165) is 55.7 Å². The summed E-state index contributed by atoms with van der Waals surface area (Å²) in [6.45, 7) is -3.75. The number of hydrogen-bond donors (Lipinski definition) is 3. The first-order chi connectivity index (χ1) is 20.6. The maximum atomic E-state index is 14.2. The van der Waals surface area contributed by atoms with E-state index in [1.54, 1.807) is 0 Å². The molecular weight excluding hydrogens is 580 g/mol. The van der Waals surface area contributed by atoms with Crippen molar-refractivity contribution in [3.8, 4) is 0 Å². The van der Waals surface area contributed by atoms with E-state index in [1.165, 1.54) is 18.2 Å². The Labute approximate surface area is 243 Å². The van der Waals surface area contributed by atoms with Gasteiger partial charge in [0, 0.05) is 28.3 Å². The van der Waals surface area contributed by atoms with E-state index in [1.807, 2.05) is 0 Å². The van der Waals surface area contributed by atoms with Crippen molar-refractivity contribution in [3.63, 3.8) is 0 Å². The van der Waals surface area contributed by atoms with Crippen LogP contribution >= 0.6 is 11.6 Å². The average Bonchev–Trinajstić information content (AvgIpc) is 3.36. The zero-order valence-corrected chi connectivity index (χ0v) is 22.1. The molecule has 2 aliphatic heterocycles. The second kappa shape index (κ2) is 9.92. The third-order valence-corrected chi connectivity index (χ3v) is 7.70. The minimum Gasteiger partial charge on any atom is -0.375 e. The van der Waals surface area contributed by atoms with E-state index in [2.05, 4.69) is 15.6 Å². The van der Waals surface area contributed by atoms with Crippen molar-refractivity contribution < 1.29 is 39.8 Å². The molecule has 3 aromatic rings. The van der Waals surface area contributed by atoms with Crippen LogP contribution in [0, 0.1) is 5.82 Å². The molecule has 3 aromatic carbocycles. The highest BCUT2D eigenvalue weighted by Crippen LogP contribution is 2.48. The summed E-state index contributed by atoms with van der Waals surface area (Å²) in [6, 6.07) is 8.36. The molecule has 6 rings (SSSR count). The fourth-order valence-corrected chi connectivity index (χ4v) is 5.22. The number of urea groups is 1. The number of carbonyl (C=O) groups excluding carboxylic acids is 3. The van der Waals surface area contributed by atoms with E-state index >= 15 is 0 Å². The average molecular weight is 603 g/mol. The largest absolute Gasteiger partial charge is 0.423 e. The van der Waals surface area contributed by atoms with Gasteiger partial charge in [0.25, 0.3) is 11.8 Å². The number of benzene rings is 3. The van der Waals surface area contributed by atoms with E-state index < -0.39 is 53.2 Å². The quantitative estimate of drug-likeness (QED) is 0.340. The van der Waals surface area contributed by atoms with Gasteiger partial charge in [-0.3, -0.25) is 14.5 Å². The molecule has 1 aliphatic carbocycles. The van der Waals surface area contributed by atoms with Crippen molar-refractivity contribution in [3.05, 3.63) is 93.3 Å². The summed E-state index contributed by atoms with van der Waals surface area (Å²) in [5, 5.41) is 15.9. The Morgan fingerprint density at radius 2 is 1.86 bits per heavy atom. The number of carbonyl (C=O) groups is 3. The number of para-hydroxylation sites is 1. The molecule has 0 aromatic heterocycles. The van der Waals surface area contributed by atoms with Gasteiger partial charge in [0.05, 0.1) is 36.9 Å². The molecule has 8 nitrogen and oxygen atoms in total. The molecule has 0 spiro atoms. The molecule has 4 amide bonds. The highest BCUT2D eigenvalue weighted by atomic mass is 35.5. The molecule has 0 bridgehead atoms. The lowest BCUT2D eigenvalue weighted by molar-refractivity contribution is -0.258. The standard InChI is InChI=1S/C29H21ClF4N4O4/c30-20-9-8-15(31)12-17(20)24-23-18(26(40)37-24)10-14(25(39)35-16-4-3-5-16)11-21(23)36-27(41)38-13-28(42,29(32,33)34)19-6-1-2-7-22(19)38/h1-2,6-12,16,42H,3-5,13H2,(H,35,39)(H,36,41)/i13D2. The second-order valence-corrected chi connectivity index (χ2v) is 10.4. The Balaban J connectivity index is 1.48. The maximum absolute atomic E-state index is 14.2. The van der Waals surface area contributed by atoms with Gasteiger partial charge >= 0.3 is 12.2 Å². The normalized spacial score (nSPS) is 21.5. The predicted octanol–water partition coefficient (Wildman–Crippen LogP) is 5.55. The van der Waals surface area contributed by atoms with Crippen molar-refractivity contribution in [2.75, 3.05) is 16.7 Å². The Hall–Kier alpha value is -4.29. The summed E-state index contributed by atoms with van der Waals surface area (Å²) in [6.07, 6.45) is -3.17. The maximum Gasteiger partial charge on any atom is 0.423 e. The Kier molecular flexibility index (Phi) is 6.00. The molecular formula is C29H21ClF4N4O4. The number of rotatable bonds is 4. The zero-order chi connectivity index (χ0) is 31.8. The highest BCUT2D eigenvalue weighted by Gasteiger charge is 2.61. The SMILES string of the molecule is [2H]C1([2H])N(C(=O)Nc2cc(C(=O)NC3CCC3)cc3c2C(c2cc(F)ccc2Cl)=NC3=O)c2ccccc2C1(O)C(F)(F)F. The van der Waals surface area contributed by atoms with Gasteiger partial charge in [-0.2, -0.15) is 13.2 Å². The Morgan fingerprint density at radius 3 is 2.55 bits per heavy atom. The van der Waals surface area contributed by atoms with Gasteiger partial charge in [-0.25, -0.2) is 14.2 Å². The van der Waals surface area contributed by atoms with Gasteiger partial charge in [0.15, 0.2) is 0 Å². The molecule has 42 heavy (non-hydrogen) atoms. The van der Waals surface area contributed by atoms with Crippen LogP contribution in [0.25, 0.3) is 0 Å². The van der Waals surface area contributed by atoms with E-state index in [9.17, 15) is 37.1 Å². The molecule has 1 fully saturated rings. The van der Waals surface area contributed by atoms with Crippen LogP contribution in [-0.2, 0) is 5.60 Å². The minimum absolute atomic E-state index is 0.0186. The van der Waals surface area contributed by atoms with Crippen LogP contribution in [0.3, 0.4) is 0 Å². The van der Waals surface area contributed by atoms with Crippen molar-refractivity contribution in [2.45, 2.75) is 37.1 Å². The number of amides is 4. The summed E-state index contributed by atoms with van der Waals surface area (Å²) < 4.78 is 73.5. The lowest BCUT2D eigenvalue weighted by atomic mass is 9.92. The molecule has 1 saturated carbocycles. The summed E-state index contributed by atoms with van der Waals surface area (Å²) in [5.41, 5.74) is -6.51. The molecule has 13 heteroatoms. The topological polar surface area (TPSA) is 111 Å². The van der Waals surface area contributed by atoms with Crippen LogP contribution in [0.15, 0.2) is 59.6 Å². The number of nitrogens with one attached hydrogen (secondary N) is 2. The number of β-amino-alcohol motifs (C(OH)–C–C–N with tert-alkyl or cyclic N) is 1. The molecule has 1 unspecified atom stereocenters. The first-order valence-electron chi connectivity index (χ1n) is 13.7. The number of alkyl halides is 3. The Bertz CT molecular complexity index is 1800. The van der Waals surface area contributed by atoms with Crippen LogP contribution in [0.1, 0.15) is 59.4 Å². The second-order valence-electron chi connectivity index (χ2n) is 10.0. The number of fused-ring (bicyclic) bond motifs is 2. The number of aliphatic imine (C=N–C) groups is 1. The first-order valence-corrected chi connectivity index (χ1v) is 13.1. The van der Waals surface area contributed by atoms with Gasteiger partial charge < -0.3 is 15.7 Å². The van der Waals surface area contributed by atoms with Gasteiger partial charge in [0.1, 0.15) is 5.82 Å². The highest BCUT2D eigenvalue weighted by molar-refractivity contribution is 6.39. The Morgan fingerprint density at radius 1 is 1.12 bits per heavy atom. The predicted molar refractivity (Wildman–Crippen MR) is 146 cm³/mol. The van der Waals surface area contributed by atoms with Crippen molar-refractivity contribution in [1.82, 2.24) is 5.32 Å². The number of halogens is 5. The van der Waals surface area contributed by atoms with Crippen molar-refractivity contribution >= 4 is 46.5 Å². The van der Waals surface area contributed by atoms with Gasteiger partial charge in [-0.1, -0.05) is 29.8 Å². The van der Waals surface area contributed by atoms with Crippen LogP contribution in [-0.4, -0.2) is 47.4 Å². The van der Waals surface area contributed by atoms with Crippen molar-refractivity contribution in [1.29, 1.82) is 0 Å². The van der Waals surface area contributed by atoms with Crippen LogP contribution in [0.5, 0.6) is 0 Å². The first kappa shape index (κ1) is 25.4. The molecule has 216 valence electrons. The lowest BCUT2D eigenvalue weighted by Gasteiger charge is -2.27. The van der Waals surface area contributed by atoms with Gasteiger partial charge in [-0.05, 0) is 55.7 Å². The molecule has 1 atom stereocenters. The van der Waals surface area contributed by atoms with Gasteiger partial charge in [0.2, 0.25) is 5.60 Å². The van der Waals surface area contributed by atoms with E-state index in [0.29, 0.717) is 0 Å². The zero-order valence-electron chi connectivity index (χ0n) is 23.4. The molecule has 3 aliphatic rings. The number of nitrogens with zero attached hydrogens (tertiary/aromatic N) is 2.